The van der Waals surface area contributed by atoms with Crippen LogP contribution >= 0.6 is 23.2 Å². The third-order valence-corrected chi connectivity index (χ3v) is 12.1. The number of Topliss-reactive ketones (excluding diaryl/α,β-unsaturated/α-hetero) is 3. The largest absolute Gasteiger partial charge is 0.370 e. The SMILES string of the molecule is N=C(N)NCCC[C@H](NC(=O)[C@@H]1CCCN1C(=O)[C@@H](N)Cc1ccccc1)C(=O)C(Cl)C(=O)C(Cl)C(=O)[C@H](CCCNC(=N)N)NC(=O)[C@@H]1CCCN1C(=O)[C@@H](N)Cc1ccccc1. The molecule has 2 aromatic rings. The zero-order chi connectivity index (χ0) is 46.9. The van der Waals surface area contributed by atoms with Gasteiger partial charge in [0.1, 0.15) is 12.1 Å². The van der Waals surface area contributed by atoms with Crippen molar-refractivity contribution in [3.63, 3.8) is 0 Å². The highest BCUT2D eigenvalue weighted by Crippen LogP contribution is 2.23. The number of carbonyl (C=O) groups is 7. The van der Waals surface area contributed by atoms with E-state index in [-0.39, 0.29) is 89.5 Å². The lowest BCUT2D eigenvalue weighted by Gasteiger charge is -2.29. The van der Waals surface area contributed by atoms with Gasteiger partial charge in [0.15, 0.2) is 40.0 Å². The zero-order valence-corrected chi connectivity index (χ0v) is 37.1. The first-order chi connectivity index (χ1) is 30.5. The quantitative estimate of drug-likeness (QED) is 0.0210. The highest BCUT2D eigenvalue weighted by molar-refractivity contribution is 6.52. The third-order valence-electron chi connectivity index (χ3n) is 11.2. The molecule has 2 saturated heterocycles. The molecule has 2 aliphatic heterocycles. The molecule has 0 aliphatic carbocycles. The number of benzene rings is 2. The van der Waals surface area contributed by atoms with E-state index in [0.29, 0.717) is 12.8 Å². The molecule has 0 spiro atoms. The summed E-state index contributed by atoms with van der Waals surface area (Å²) in [5, 5.41) is 21.3. The van der Waals surface area contributed by atoms with Crippen LogP contribution in [0.2, 0.25) is 0 Å². The summed E-state index contributed by atoms with van der Waals surface area (Å²) < 4.78 is 0. The van der Waals surface area contributed by atoms with Crippen molar-refractivity contribution in [3.05, 3.63) is 71.8 Å². The minimum atomic E-state index is -2.04. The Bertz CT molecular complexity index is 1840. The first-order valence-corrected chi connectivity index (χ1v) is 22.2. The third kappa shape index (κ3) is 14.7. The number of guanidine groups is 2. The average Bonchev–Trinajstić information content (AvgIpc) is 3.98. The van der Waals surface area contributed by atoms with Crippen LogP contribution in [0.5, 0.6) is 0 Å². The Kier molecular flexibility index (Phi) is 19.9. The van der Waals surface area contributed by atoms with E-state index in [1.807, 2.05) is 60.7 Å². The molecule has 4 rings (SSSR count). The average molecular weight is 928 g/mol. The molecule has 14 N–H and O–H groups in total. The number of hydrogen-bond acceptors (Lipinski definition) is 11. The summed E-state index contributed by atoms with van der Waals surface area (Å²) in [7, 11) is 0. The van der Waals surface area contributed by atoms with Crippen molar-refractivity contribution in [2.24, 2.45) is 22.9 Å². The molecule has 21 heteroatoms. The van der Waals surface area contributed by atoms with E-state index >= 15 is 0 Å². The lowest BCUT2D eigenvalue weighted by atomic mass is 9.95. The first kappa shape index (κ1) is 51.0. The van der Waals surface area contributed by atoms with Crippen LogP contribution in [0.15, 0.2) is 60.7 Å². The molecule has 8 atom stereocenters. The van der Waals surface area contributed by atoms with E-state index in [9.17, 15) is 33.6 Å². The molecule has 348 valence electrons. The van der Waals surface area contributed by atoms with E-state index < -0.39 is 88.0 Å². The van der Waals surface area contributed by atoms with E-state index in [1.54, 1.807) is 0 Å². The van der Waals surface area contributed by atoms with Crippen molar-refractivity contribution in [3.8, 4) is 0 Å². The first-order valence-electron chi connectivity index (χ1n) is 21.4. The van der Waals surface area contributed by atoms with E-state index in [4.69, 9.17) is 57.0 Å². The lowest BCUT2D eigenvalue weighted by molar-refractivity contribution is -0.140. The Morgan fingerprint density at radius 2 is 0.969 bits per heavy atom. The highest BCUT2D eigenvalue weighted by Gasteiger charge is 2.43. The Labute approximate surface area is 382 Å². The maximum Gasteiger partial charge on any atom is 0.243 e. The Morgan fingerprint density at radius 1 is 0.609 bits per heavy atom. The molecule has 64 heavy (non-hydrogen) atoms. The normalized spacial score (nSPS) is 18.7. The number of nitrogens with two attached hydrogens (primary N) is 4. The van der Waals surface area contributed by atoms with Crippen molar-refractivity contribution in [1.29, 1.82) is 10.8 Å². The van der Waals surface area contributed by atoms with Crippen LogP contribution in [0.25, 0.3) is 0 Å². The van der Waals surface area contributed by atoms with Crippen LogP contribution < -0.4 is 44.2 Å². The van der Waals surface area contributed by atoms with Crippen LogP contribution in [-0.4, -0.2) is 136 Å². The highest BCUT2D eigenvalue weighted by atomic mass is 35.5. The fourth-order valence-electron chi connectivity index (χ4n) is 7.87. The number of amides is 4. The minimum Gasteiger partial charge on any atom is -0.370 e. The molecule has 0 aromatic heterocycles. The summed E-state index contributed by atoms with van der Waals surface area (Å²) >= 11 is 13.0. The fourth-order valence-corrected chi connectivity index (χ4v) is 8.49. The van der Waals surface area contributed by atoms with Gasteiger partial charge < -0.3 is 54.0 Å². The summed E-state index contributed by atoms with van der Waals surface area (Å²) in [5.74, 6) is -6.04. The molecule has 2 heterocycles. The van der Waals surface area contributed by atoms with Gasteiger partial charge in [0.25, 0.3) is 0 Å². The Balaban J connectivity index is 1.47. The molecule has 2 unspecified atom stereocenters. The van der Waals surface area contributed by atoms with Crippen molar-refractivity contribution in [2.75, 3.05) is 26.2 Å². The van der Waals surface area contributed by atoms with Crippen LogP contribution in [-0.2, 0) is 46.4 Å². The molecule has 2 fully saturated rings. The van der Waals surface area contributed by atoms with Crippen LogP contribution in [0.4, 0.5) is 0 Å². The molecular weight excluding hydrogens is 867 g/mol. The number of likely N-dealkylation sites (tertiary alicyclic amines) is 2. The molecule has 2 aromatic carbocycles. The van der Waals surface area contributed by atoms with E-state index in [1.165, 1.54) is 9.80 Å². The molecule has 4 amide bonds. The second-order valence-corrected chi connectivity index (χ2v) is 16.9. The zero-order valence-electron chi connectivity index (χ0n) is 35.6. The summed E-state index contributed by atoms with van der Waals surface area (Å²) in [4.78, 5) is 99.1. The van der Waals surface area contributed by atoms with Gasteiger partial charge in [-0.2, -0.15) is 0 Å². The standard InChI is InChI=1S/C43H60Cl2N12O7/c44-33(35(58)29(15-7-19-52-42(48)49)54-38(61)31-17-9-21-56(31)40(63)27(46)23-25-11-3-1-4-12-25)37(60)34(45)36(59)30(16-8-20-53-43(50)51)55-39(62)32-18-10-22-57(32)41(64)28(47)24-26-13-5-2-6-14-26/h1-6,11-14,27-34H,7-10,15-24,46-47H2,(H,54,61)(H,55,62)(H4,48,49,52)(H4,50,51,53)/t27-,28-,29-,30-,31-,32-,33?,34?/m0/s1. The van der Waals surface area contributed by atoms with E-state index in [0.717, 1.165) is 11.1 Å². The summed E-state index contributed by atoms with van der Waals surface area (Å²) in [6.45, 7) is 0.759. The number of halogens is 2. The minimum absolute atomic E-state index is 0.0795. The topological polar surface area (TPSA) is 326 Å². The van der Waals surface area contributed by atoms with Gasteiger partial charge in [0.2, 0.25) is 23.6 Å². The van der Waals surface area contributed by atoms with Crippen LogP contribution in [0.1, 0.15) is 62.5 Å². The monoisotopic (exact) mass is 926 g/mol. The Morgan fingerprint density at radius 3 is 1.31 bits per heavy atom. The predicted molar refractivity (Wildman–Crippen MR) is 242 cm³/mol. The second-order valence-electron chi connectivity index (χ2n) is 16.0. The number of nitrogens with zero attached hydrogens (tertiary/aromatic N) is 2. The van der Waals surface area contributed by atoms with Gasteiger partial charge in [-0.3, -0.25) is 44.4 Å². The maximum absolute atomic E-state index is 14.0. The predicted octanol–water partition coefficient (Wildman–Crippen LogP) is -0.473. The molecule has 0 bridgehead atoms. The van der Waals surface area contributed by atoms with Gasteiger partial charge in [-0.15, -0.1) is 23.2 Å². The molecule has 0 radical (unpaired) electrons. The van der Waals surface area contributed by atoms with Gasteiger partial charge >= 0.3 is 0 Å². The lowest BCUT2D eigenvalue weighted by Crippen LogP contribution is -2.56. The number of alkyl halides is 2. The molecule has 19 nitrogen and oxygen atoms in total. The van der Waals surface area contributed by atoms with Crippen molar-refractivity contribution in [1.82, 2.24) is 31.1 Å². The van der Waals surface area contributed by atoms with Gasteiger partial charge in [-0.25, -0.2) is 0 Å². The van der Waals surface area contributed by atoms with Crippen molar-refractivity contribution < 1.29 is 33.6 Å². The smallest absolute Gasteiger partial charge is 0.243 e. The van der Waals surface area contributed by atoms with Crippen LogP contribution in [0, 0.1) is 10.8 Å². The Hall–Kier alpha value is -5.63. The number of rotatable bonds is 24. The summed E-state index contributed by atoms with van der Waals surface area (Å²) in [6, 6.07) is 11.7. The van der Waals surface area contributed by atoms with Gasteiger partial charge in [0, 0.05) is 26.2 Å². The van der Waals surface area contributed by atoms with Crippen LogP contribution in [0.3, 0.4) is 0 Å². The summed E-state index contributed by atoms with van der Waals surface area (Å²) in [6.07, 6.45) is 2.23. The van der Waals surface area contributed by atoms with Gasteiger partial charge in [0.05, 0.1) is 24.2 Å². The number of carbonyl (C=O) groups excluding carboxylic acids is 7. The molecule has 2 aliphatic rings. The van der Waals surface area contributed by atoms with Gasteiger partial charge in [-0.1, -0.05) is 60.7 Å². The summed E-state index contributed by atoms with van der Waals surface area (Å²) in [5.41, 5.74) is 25.1. The van der Waals surface area contributed by atoms with Crippen molar-refractivity contribution in [2.45, 2.75) is 111 Å². The maximum atomic E-state index is 14.0. The fraction of sp³-hybridized carbons (Fsp3) is 0.512. The number of hydrogen-bond donors (Lipinski definition) is 10. The number of ketones is 3. The number of nitrogens with one attached hydrogen (secondary N) is 6. The second kappa shape index (κ2) is 25.0. The van der Waals surface area contributed by atoms with Crippen molar-refractivity contribution >= 4 is 76.1 Å². The molecular formula is C43H60Cl2N12O7. The van der Waals surface area contributed by atoms with E-state index in [2.05, 4.69) is 21.3 Å². The molecule has 0 saturated carbocycles. The van der Waals surface area contributed by atoms with Gasteiger partial charge in [-0.05, 0) is 75.3 Å².